The number of likely N-dealkylation sites (N-methyl/N-ethyl adjacent to an activating group) is 1. The van der Waals surface area contributed by atoms with Crippen molar-refractivity contribution in [1.29, 1.82) is 0 Å². The van der Waals surface area contributed by atoms with Crippen LogP contribution in [0, 0.1) is 0 Å². The van der Waals surface area contributed by atoms with E-state index >= 15 is 0 Å². The van der Waals surface area contributed by atoms with Gasteiger partial charge < -0.3 is 4.90 Å². The minimum Gasteiger partial charge on any atom is -0.304 e. The van der Waals surface area contributed by atoms with E-state index < -0.39 is 5.54 Å². The lowest BCUT2D eigenvalue weighted by Crippen LogP contribution is -2.57. The molecule has 3 nitrogen and oxygen atoms in total. The van der Waals surface area contributed by atoms with Gasteiger partial charge in [0.2, 0.25) is 0 Å². The number of rotatable bonds is 5. The van der Waals surface area contributed by atoms with Crippen LogP contribution >= 0.6 is 11.8 Å². The predicted molar refractivity (Wildman–Crippen MR) is 104 cm³/mol. The van der Waals surface area contributed by atoms with Gasteiger partial charge in [-0.15, -0.1) is 0 Å². The van der Waals surface area contributed by atoms with E-state index in [0.717, 1.165) is 36.6 Å². The Balaban J connectivity index is 1.69. The highest BCUT2D eigenvalue weighted by molar-refractivity contribution is 7.99. The Morgan fingerprint density at radius 2 is 1.44 bits per heavy atom. The minimum atomic E-state index is -0.463. The van der Waals surface area contributed by atoms with E-state index in [1.807, 2.05) is 56.3 Å². The number of ketones is 1. The number of hydrogen-bond donors (Lipinski definition) is 0. The zero-order chi connectivity index (χ0) is 17.9. The summed E-state index contributed by atoms with van der Waals surface area (Å²) in [5, 5.41) is 0. The molecule has 0 bridgehead atoms. The van der Waals surface area contributed by atoms with Crippen LogP contribution in [0.3, 0.4) is 0 Å². The van der Waals surface area contributed by atoms with Crippen LogP contribution in [0.2, 0.25) is 0 Å². The van der Waals surface area contributed by atoms with Crippen LogP contribution < -0.4 is 0 Å². The molecule has 25 heavy (non-hydrogen) atoms. The molecule has 0 atom stereocenters. The van der Waals surface area contributed by atoms with E-state index in [-0.39, 0.29) is 5.78 Å². The monoisotopic (exact) mass is 354 g/mol. The minimum absolute atomic E-state index is 0.202. The van der Waals surface area contributed by atoms with Crippen molar-refractivity contribution in [2.45, 2.75) is 29.2 Å². The summed E-state index contributed by atoms with van der Waals surface area (Å²) in [5.74, 6) is 0.202. The fourth-order valence-electron chi connectivity index (χ4n) is 3.16. The molecule has 0 aromatic heterocycles. The highest BCUT2D eigenvalue weighted by Crippen LogP contribution is 2.29. The summed E-state index contributed by atoms with van der Waals surface area (Å²) in [4.78, 5) is 20.0. The molecule has 1 fully saturated rings. The van der Waals surface area contributed by atoms with E-state index in [2.05, 4.69) is 29.0 Å². The molecule has 3 rings (SSSR count). The summed E-state index contributed by atoms with van der Waals surface area (Å²) in [6.07, 6.45) is 0. The number of nitrogens with zero attached hydrogens (tertiary/aromatic N) is 2. The molecular formula is C21H26N2OS. The highest BCUT2D eigenvalue weighted by atomic mass is 32.2. The fraction of sp³-hybridized carbons (Fsp3) is 0.381. The van der Waals surface area contributed by atoms with Crippen molar-refractivity contribution in [2.75, 3.05) is 33.2 Å². The van der Waals surface area contributed by atoms with E-state index in [0.29, 0.717) is 0 Å². The van der Waals surface area contributed by atoms with Gasteiger partial charge in [0, 0.05) is 41.5 Å². The second-order valence-corrected chi connectivity index (χ2v) is 8.26. The summed E-state index contributed by atoms with van der Waals surface area (Å²) >= 11 is 1.72. The van der Waals surface area contributed by atoms with Crippen molar-refractivity contribution in [3.05, 3.63) is 60.2 Å². The number of Topliss-reactive ketones (excluding diaryl/α,β-unsaturated/α-hetero) is 1. The van der Waals surface area contributed by atoms with E-state index in [1.165, 1.54) is 4.90 Å². The SMILES string of the molecule is CN1CCN(C(C)(C)C(=O)c2ccc(Sc3ccccc3)cc2)CC1. The average molecular weight is 355 g/mol. The van der Waals surface area contributed by atoms with Crippen LogP contribution in [0.1, 0.15) is 24.2 Å². The quantitative estimate of drug-likeness (QED) is 0.756. The lowest BCUT2D eigenvalue weighted by molar-refractivity contribution is 0.0463. The Morgan fingerprint density at radius 3 is 2.04 bits per heavy atom. The average Bonchev–Trinajstić information content (AvgIpc) is 2.63. The number of benzene rings is 2. The molecule has 132 valence electrons. The molecule has 0 unspecified atom stereocenters. The third-order valence-electron chi connectivity index (χ3n) is 4.94. The zero-order valence-corrected chi connectivity index (χ0v) is 16.1. The van der Waals surface area contributed by atoms with Gasteiger partial charge in [-0.2, -0.15) is 0 Å². The maximum Gasteiger partial charge on any atom is 0.182 e. The van der Waals surface area contributed by atoms with Crippen molar-refractivity contribution in [2.24, 2.45) is 0 Å². The molecule has 2 aromatic carbocycles. The van der Waals surface area contributed by atoms with Crippen LogP contribution in [0.4, 0.5) is 0 Å². The molecule has 0 radical (unpaired) electrons. The lowest BCUT2D eigenvalue weighted by atomic mass is 9.90. The van der Waals surface area contributed by atoms with Gasteiger partial charge in [-0.3, -0.25) is 9.69 Å². The highest BCUT2D eigenvalue weighted by Gasteiger charge is 2.36. The summed E-state index contributed by atoms with van der Waals surface area (Å²) in [6.45, 7) is 8.02. The van der Waals surface area contributed by atoms with Gasteiger partial charge in [0.05, 0.1) is 5.54 Å². The zero-order valence-electron chi connectivity index (χ0n) is 15.2. The first-order valence-electron chi connectivity index (χ1n) is 8.78. The first-order chi connectivity index (χ1) is 12.0. The first kappa shape index (κ1) is 18.2. The van der Waals surface area contributed by atoms with Gasteiger partial charge in [0.25, 0.3) is 0 Å². The summed E-state index contributed by atoms with van der Waals surface area (Å²) in [7, 11) is 2.13. The van der Waals surface area contributed by atoms with Crippen molar-refractivity contribution >= 4 is 17.5 Å². The van der Waals surface area contributed by atoms with Crippen LogP contribution in [0.5, 0.6) is 0 Å². The predicted octanol–water partition coefficient (Wildman–Crippen LogP) is 4.05. The van der Waals surface area contributed by atoms with Crippen LogP contribution in [-0.2, 0) is 0 Å². The Kier molecular flexibility index (Phi) is 5.62. The molecule has 1 saturated heterocycles. The second-order valence-electron chi connectivity index (χ2n) is 7.12. The van der Waals surface area contributed by atoms with Gasteiger partial charge in [0.15, 0.2) is 5.78 Å². The van der Waals surface area contributed by atoms with Crippen molar-refractivity contribution in [3.8, 4) is 0 Å². The number of hydrogen-bond acceptors (Lipinski definition) is 4. The summed E-state index contributed by atoms with van der Waals surface area (Å²) < 4.78 is 0. The third-order valence-corrected chi connectivity index (χ3v) is 5.96. The smallest absolute Gasteiger partial charge is 0.182 e. The maximum atomic E-state index is 13.1. The molecule has 0 saturated carbocycles. The Labute approximate surface area is 155 Å². The molecular weight excluding hydrogens is 328 g/mol. The van der Waals surface area contributed by atoms with Gasteiger partial charge >= 0.3 is 0 Å². The molecule has 1 aliphatic rings. The first-order valence-corrected chi connectivity index (χ1v) is 9.60. The molecule has 1 heterocycles. The molecule has 2 aromatic rings. The molecule has 4 heteroatoms. The summed E-state index contributed by atoms with van der Waals surface area (Å²) in [6, 6.07) is 18.3. The Hall–Kier alpha value is -1.62. The number of carbonyl (C=O) groups excluding carboxylic acids is 1. The summed E-state index contributed by atoms with van der Waals surface area (Å²) in [5.41, 5.74) is 0.330. The Morgan fingerprint density at radius 1 is 0.880 bits per heavy atom. The molecule has 0 N–H and O–H groups in total. The lowest BCUT2D eigenvalue weighted by Gasteiger charge is -2.42. The van der Waals surface area contributed by atoms with Crippen LogP contribution in [-0.4, -0.2) is 54.3 Å². The van der Waals surface area contributed by atoms with E-state index in [1.54, 1.807) is 11.8 Å². The topological polar surface area (TPSA) is 23.6 Å². The van der Waals surface area contributed by atoms with Gasteiger partial charge in [-0.25, -0.2) is 0 Å². The maximum absolute atomic E-state index is 13.1. The van der Waals surface area contributed by atoms with Crippen molar-refractivity contribution in [1.82, 2.24) is 9.80 Å². The van der Waals surface area contributed by atoms with Crippen LogP contribution in [0.25, 0.3) is 0 Å². The second kappa shape index (κ2) is 7.73. The number of piperazine rings is 1. The van der Waals surface area contributed by atoms with Gasteiger partial charge in [-0.1, -0.05) is 42.1 Å². The number of carbonyl (C=O) groups is 1. The van der Waals surface area contributed by atoms with E-state index in [9.17, 15) is 4.79 Å². The molecule has 1 aliphatic heterocycles. The molecule has 0 spiro atoms. The largest absolute Gasteiger partial charge is 0.304 e. The van der Waals surface area contributed by atoms with Crippen LogP contribution in [0.15, 0.2) is 64.4 Å². The van der Waals surface area contributed by atoms with Crippen molar-refractivity contribution < 1.29 is 4.79 Å². The molecule has 0 aliphatic carbocycles. The van der Waals surface area contributed by atoms with Crippen molar-refractivity contribution in [3.63, 3.8) is 0 Å². The molecule has 0 amide bonds. The fourth-order valence-corrected chi connectivity index (χ4v) is 4.00. The third kappa shape index (κ3) is 4.32. The standard InChI is InChI=1S/C21H26N2OS/c1-21(2,23-15-13-22(3)14-16-23)20(24)17-9-11-19(12-10-17)25-18-7-5-4-6-8-18/h4-12H,13-16H2,1-3H3. The van der Waals surface area contributed by atoms with Gasteiger partial charge in [0.1, 0.15) is 0 Å². The van der Waals surface area contributed by atoms with E-state index in [4.69, 9.17) is 0 Å². The Bertz CT molecular complexity index is 704. The normalized spacial score (nSPS) is 16.8. The van der Waals surface area contributed by atoms with Gasteiger partial charge in [-0.05, 0) is 45.2 Å².